The number of nitrogens with one attached hydrogen (secondary N) is 2. The third kappa shape index (κ3) is 3.52. The molecule has 0 atom stereocenters. The molecular weight excluding hydrogens is 318 g/mol. The first-order chi connectivity index (χ1) is 12.2. The number of pyridine rings is 1. The van der Waals surface area contributed by atoms with Crippen LogP contribution in [0.3, 0.4) is 0 Å². The number of hydrogen-bond acceptors (Lipinski definition) is 4. The van der Waals surface area contributed by atoms with Gasteiger partial charge in [-0.15, -0.1) is 0 Å². The van der Waals surface area contributed by atoms with E-state index in [1.807, 2.05) is 36.4 Å². The van der Waals surface area contributed by atoms with E-state index in [0.29, 0.717) is 18.0 Å². The molecule has 0 saturated heterocycles. The van der Waals surface area contributed by atoms with Gasteiger partial charge in [-0.1, -0.05) is 12.5 Å². The van der Waals surface area contributed by atoms with Crippen LogP contribution < -0.4 is 20.1 Å². The van der Waals surface area contributed by atoms with E-state index in [1.165, 1.54) is 6.42 Å². The Hall–Kier alpha value is -2.76. The van der Waals surface area contributed by atoms with Crippen LogP contribution in [0.15, 0.2) is 42.6 Å². The first-order valence-corrected chi connectivity index (χ1v) is 8.69. The van der Waals surface area contributed by atoms with Crippen LogP contribution in [0.4, 0.5) is 10.5 Å². The van der Waals surface area contributed by atoms with Crippen molar-refractivity contribution in [3.8, 4) is 11.5 Å². The molecule has 2 amide bonds. The first kappa shape index (κ1) is 15.7. The van der Waals surface area contributed by atoms with Crippen molar-refractivity contribution in [1.82, 2.24) is 10.3 Å². The molecule has 1 saturated carbocycles. The van der Waals surface area contributed by atoms with Gasteiger partial charge in [0.05, 0.1) is 12.2 Å². The van der Waals surface area contributed by atoms with Crippen molar-refractivity contribution in [2.24, 2.45) is 0 Å². The minimum atomic E-state index is -0.500. The van der Waals surface area contributed by atoms with E-state index >= 15 is 0 Å². The van der Waals surface area contributed by atoms with E-state index in [2.05, 4.69) is 15.6 Å². The van der Waals surface area contributed by atoms with Crippen molar-refractivity contribution in [2.75, 3.05) is 5.32 Å². The molecule has 4 rings (SSSR count). The van der Waals surface area contributed by atoms with E-state index in [0.717, 1.165) is 37.1 Å². The van der Waals surface area contributed by atoms with Gasteiger partial charge in [0, 0.05) is 30.8 Å². The van der Waals surface area contributed by atoms with Gasteiger partial charge in [0.15, 0.2) is 11.5 Å². The highest BCUT2D eigenvalue weighted by atomic mass is 16.7. The fourth-order valence-corrected chi connectivity index (χ4v) is 3.31. The number of anilines is 1. The predicted octanol–water partition coefficient (Wildman–Crippen LogP) is 3.83. The van der Waals surface area contributed by atoms with Crippen LogP contribution in [-0.4, -0.2) is 16.8 Å². The first-order valence-electron chi connectivity index (χ1n) is 8.69. The van der Waals surface area contributed by atoms with Gasteiger partial charge in [-0.2, -0.15) is 0 Å². The molecule has 2 aliphatic rings. The van der Waals surface area contributed by atoms with Crippen molar-refractivity contribution in [3.63, 3.8) is 0 Å². The zero-order chi connectivity index (χ0) is 17.1. The van der Waals surface area contributed by atoms with Crippen molar-refractivity contribution in [2.45, 2.75) is 44.4 Å². The highest BCUT2D eigenvalue weighted by Crippen LogP contribution is 2.46. The van der Waals surface area contributed by atoms with Gasteiger partial charge in [0.1, 0.15) is 0 Å². The normalized spacial score (nSPS) is 17.3. The number of hydrogen-bond donors (Lipinski definition) is 2. The number of ether oxygens (including phenoxy) is 2. The summed E-state index contributed by atoms with van der Waals surface area (Å²) >= 11 is 0. The Kier molecular flexibility index (Phi) is 4.17. The third-order valence-corrected chi connectivity index (χ3v) is 4.57. The van der Waals surface area contributed by atoms with Crippen LogP contribution in [-0.2, 0) is 6.54 Å². The number of nitrogens with zero attached hydrogens (tertiary/aromatic N) is 1. The summed E-state index contributed by atoms with van der Waals surface area (Å²) in [6.07, 6.45) is 7.00. The predicted molar refractivity (Wildman–Crippen MR) is 93.6 cm³/mol. The van der Waals surface area contributed by atoms with Crippen LogP contribution in [0.2, 0.25) is 0 Å². The number of benzene rings is 1. The molecule has 2 N–H and O–H groups in total. The molecule has 2 aromatic rings. The van der Waals surface area contributed by atoms with Gasteiger partial charge in [-0.25, -0.2) is 4.79 Å². The van der Waals surface area contributed by atoms with E-state index in [4.69, 9.17) is 9.47 Å². The second-order valence-electron chi connectivity index (χ2n) is 6.47. The quantitative estimate of drug-likeness (QED) is 0.891. The summed E-state index contributed by atoms with van der Waals surface area (Å²) in [6, 6.07) is 10.8. The number of carbonyl (C=O) groups excluding carboxylic acids is 1. The maximum absolute atomic E-state index is 12.1. The third-order valence-electron chi connectivity index (χ3n) is 4.57. The zero-order valence-electron chi connectivity index (χ0n) is 14.0. The molecule has 25 heavy (non-hydrogen) atoms. The zero-order valence-corrected chi connectivity index (χ0v) is 14.0. The van der Waals surface area contributed by atoms with Crippen molar-refractivity contribution < 1.29 is 14.3 Å². The molecule has 1 aliphatic carbocycles. The Labute approximate surface area is 146 Å². The maximum Gasteiger partial charge on any atom is 0.319 e. The molecule has 2 heterocycles. The van der Waals surface area contributed by atoms with Crippen LogP contribution in [0.1, 0.15) is 37.8 Å². The molecular formula is C19H21N3O3. The van der Waals surface area contributed by atoms with E-state index in [1.54, 1.807) is 6.20 Å². The summed E-state index contributed by atoms with van der Waals surface area (Å²) in [5.41, 5.74) is 1.48. The van der Waals surface area contributed by atoms with E-state index < -0.39 is 5.79 Å². The minimum absolute atomic E-state index is 0.281. The number of rotatable bonds is 3. The summed E-state index contributed by atoms with van der Waals surface area (Å²) in [6.45, 7) is 0.375. The van der Waals surface area contributed by atoms with Crippen LogP contribution in [0.25, 0.3) is 0 Å². The van der Waals surface area contributed by atoms with Gasteiger partial charge in [-0.3, -0.25) is 4.98 Å². The Morgan fingerprint density at radius 3 is 2.72 bits per heavy atom. The minimum Gasteiger partial charge on any atom is -0.448 e. The molecule has 0 bridgehead atoms. The molecule has 0 radical (unpaired) electrons. The molecule has 1 aliphatic heterocycles. The topological polar surface area (TPSA) is 72.5 Å². The SMILES string of the molecule is O=C(NCc1ccccn1)Nc1ccc2c(c1)OC1(CCCCC1)O2. The van der Waals surface area contributed by atoms with E-state index in [9.17, 15) is 4.79 Å². The molecule has 130 valence electrons. The van der Waals surface area contributed by atoms with Gasteiger partial charge in [0.25, 0.3) is 5.79 Å². The van der Waals surface area contributed by atoms with Crippen molar-refractivity contribution in [3.05, 3.63) is 48.3 Å². The Morgan fingerprint density at radius 2 is 1.92 bits per heavy atom. The molecule has 1 fully saturated rings. The average molecular weight is 339 g/mol. The molecule has 6 heteroatoms. The van der Waals surface area contributed by atoms with Crippen LogP contribution in [0, 0.1) is 0 Å². The highest BCUT2D eigenvalue weighted by molar-refractivity contribution is 5.89. The van der Waals surface area contributed by atoms with Gasteiger partial charge < -0.3 is 20.1 Å². The number of amides is 2. The lowest BCUT2D eigenvalue weighted by atomic mass is 9.94. The highest BCUT2D eigenvalue weighted by Gasteiger charge is 2.42. The summed E-state index contributed by atoms with van der Waals surface area (Å²) in [5.74, 6) is 0.950. The second-order valence-corrected chi connectivity index (χ2v) is 6.47. The van der Waals surface area contributed by atoms with Gasteiger partial charge >= 0.3 is 6.03 Å². The smallest absolute Gasteiger partial charge is 0.319 e. The molecule has 0 unspecified atom stereocenters. The van der Waals surface area contributed by atoms with Gasteiger partial charge in [0.2, 0.25) is 0 Å². The molecule has 1 aromatic heterocycles. The summed E-state index contributed by atoms with van der Waals surface area (Å²) in [4.78, 5) is 16.2. The lowest BCUT2D eigenvalue weighted by Gasteiger charge is -2.31. The monoisotopic (exact) mass is 339 g/mol. The number of aromatic nitrogens is 1. The summed E-state index contributed by atoms with van der Waals surface area (Å²) < 4.78 is 12.1. The fraction of sp³-hybridized carbons (Fsp3) is 0.368. The number of urea groups is 1. The molecule has 6 nitrogen and oxygen atoms in total. The average Bonchev–Trinajstić information content (AvgIpc) is 2.98. The number of fused-ring (bicyclic) bond motifs is 1. The summed E-state index contributed by atoms with van der Waals surface area (Å²) in [7, 11) is 0. The van der Waals surface area contributed by atoms with E-state index in [-0.39, 0.29) is 6.03 Å². The maximum atomic E-state index is 12.1. The molecule has 1 aromatic carbocycles. The van der Waals surface area contributed by atoms with Gasteiger partial charge in [-0.05, 0) is 37.1 Å². The fourth-order valence-electron chi connectivity index (χ4n) is 3.31. The Balaban J connectivity index is 1.37. The van der Waals surface area contributed by atoms with Crippen molar-refractivity contribution >= 4 is 11.7 Å². The number of carbonyl (C=O) groups is 1. The second kappa shape index (κ2) is 6.63. The lowest BCUT2D eigenvalue weighted by molar-refractivity contribution is -0.105. The standard InChI is InChI=1S/C19H21N3O3/c23-18(21-13-15-6-2-5-11-20-15)22-14-7-8-16-17(12-14)25-19(24-16)9-3-1-4-10-19/h2,5-8,11-12H,1,3-4,9-10,13H2,(H2,21,22,23). The summed E-state index contributed by atoms with van der Waals surface area (Å²) in [5, 5.41) is 5.61. The van der Waals surface area contributed by atoms with Crippen LogP contribution >= 0.6 is 0 Å². The Bertz CT molecular complexity index is 758. The largest absolute Gasteiger partial charge is 0.448 e. The Morgan fingerprint density at radius 1 is 1.08 bits per heavy atom. The van der Waals surface area contributed by atoms with Crippen LogP contribution in [0.5, 0.6) is 11.5 Å². The van der Waals surface area contributed by atoms with Crippen molar-refractivity contribution in [1.29, 1.82) is 0 Å². The molecule has 1 spiro atoms. The lowest BCUT2D eigenvalue weighted by Crippen LogP contribution is -2.40.